The molecule has 1 fully saturated rings. The van der Waals surface area contributed by atoms with E-state index < -0.39 is 11.9 Å². The van der Waals surface area contributed by atoms with Gasteiger partial charge in [-0.2, -0.15) is 0 Å². The van der Waals surface area contributed by atoms with E-state index in [1.165, 1.54) is 37.1 Å². The number of rotatable bonds is 5. The number of carboxylic acids is 2. The average molecular weight is 385 g/mol. The van der Waals surface area contributed by atoms with E-state index >= 15 is 0 Å². The fourth-order valence-corrected chi connectivity index (χ4v) is 3.27. The van der Waals surface area contributed by atoms with Crippen LogP contribution in [-0.4, -0.2) is 63.1 Å². The normalized spacial score (nSPS) is 14.9. The lowest BCUT2D eigenvalue weighted by Gasteiger charge is -2.36. The number of aliphatic carboxylic acids is 2. The number of pyridine rings is 1. The molecule has 0 aliphatic carbocycles. The molecule has 0 radical (unpaired) electrons. The molecule has 0 saturated carbocycles. The predicted molar refractivity (Wildman–Crippen MR) is 106 cm³/mol. The number of likely N-dealkylation sites (tertiary alicyclic amines) is 1. The van der Waals surface area contributed by atoms with Crippen molar-refractivity contribution in [2.75, 3.05) is 20.1 Å². The summed E-state index contributed by atoms with van der Waals surface area (Å²) in [5.41, 5.74) is 2.72. The molecular weight excluding hydrogens is 358 g/mol. The first-order valence-corrected chi connectivity index (χ1v) is 9.27. The third-order valence-corrected chi connectivity index (χ3v) is 4.77. The Balaban J connectivity index is 0.000000409. The Morgan fingerprint density at radius 3 is 2.18 bits per heavy atom. The fourth-order valence-electron chi connectivity index (χ4n) is 3.27. The highest BCUT2D eigenvalue weighted by molar-refractivity contribution is 6.27. The van der Waals surface area contributed by atoms with Crippen LogP contribution in [0.3, 0.4) is 0 Å². The van der Waals surface area contributed by atoms with Crippen LogP contribution in [0.2, 0.25) is 0 Å². The van der Waals surface area contributed by atoms with Crippen LogP contribution in [-0.2, 0) is 22.7 Å². The van der Waals surface area contributed by atoms with E-state index in [1.54, 1.807) is 0 Å². The number of nitrogens with zero attached hydrogens (tertiary/aromatic N) is 3. The standard InChI is InChI=1S/C19H25N3.C2H2O4/c1-21(15-17-6-3-2-4-7-17)19-9-12-22(13-10-19)16-18-8-5-11-20-14-18;3-1(4)2(5)6/h2-8,11,14,19H,9-10,12-13,15-16H2,1H3;(H,3,4)(H,5,6). The maximum Gasteiger partial charge on any atom is 0.414 e. The first-order valence-electron chi connectivity index (χ1n) is 9.27. The van der Waals surface area contributed by atoms with E-state index in [2.05, 4.69) is 58.2 Å². The number of carboxylic acid groups (broad SMARTS) is 2. The van der Waals surface area contributed by atoms with Crippen molar-refractivity contribution in [3.63, 3.8) is 0 Å². The number of hydrogen-bond donors (Lipinski definition) is 2. The van der Waals surface area contributed by atoms with Crippen LogP contribution in [0.4, 0.5) is 0 Å². The van der Waals surface area contributed by atoms with Gasteiger partial charge < -0.3 is 10.2 Å². The number of aromatic nitrogens is 1. The SMILES string of the molecule is CN(Cc1ccccc1)C1CCN(Cc2cccnc2)CC1.O=C(O)C(=O)O. The molecule has 1 aliphatic heterocycles. The number of hydrogen-bond acceptors (Lipinski definition) is 5. The predicted octanol–water partition coefficient (Wildman–Crippen LogP) is 2.33. The largest absolute Gasteiger partial charge is 0.473 e. The van der Waals surface area contributed by atoms with Crippen LogP contribution in [0, 0.1) is 0 Å². The van der Waals surface area contributed by atoms with E-state index in [4.69, 9.17) is 19.8 Å². The summed E-state index contributed by atoms with van der Waals surface area (Å²) >= 11 is 0. The summed E-state index contributed by atoms with van der Waals surface area (Å²) in [6, 6.07) is 15.7. The molecule has 2 N–H and O–H groups in total. The second-order valence-corrected chi connectivity index (χ2v) is 6.88. The lowest BCUT2D eigenvalue weighted by atomic mass is 10.0. The molecule has 1 aromatic heterocycles. The van der Waals surface area contributed by atoms with E-state index in [0.717, 1.165) is 13.1 Å². The van der Waals surface area contributed by atoms with Gasteiger partial charge in [0.25, 0.3) is 0 Å². The molecule has 1 aliphatic rings. The smallest absolute Gasteiger partial charge is 0.414 e. The average Bonchev–Trinajstić information content (AvgIpc) is 2.70. The minimum Gasteiger partial charge on any atom is -0.473 e. The Bertz CT molecular complexity index is 720. The van der Waals surface area contributed by atoms with Gasteiger partial charge in [-0.1, -0.05) is 36.4 Å². The third-order valence-electron chi connectivity index (χ3n) is 4.77. The molecule has 0 bridgehead atoms. The Kier molecular flexibility index (Phi) is 8.58. The van der Waals surface area contributed by atoms with Gasteiger partial charge in [0.05, 0.1) is 0 Å². The molecule has 0 spiro atoms. The molecule has 0 atom stereocenters. The van der Waals surface area contributed by atoms with Crippen LogP contribution >= 0.6 is 0 Å². The Morgan fingerprint density at radius 1 is 1.04 bits per heavy atom. The van der Waals surface area contributed by atoms with Crippen molar-refractivity contribution in [1.82, 2.24) is 14.8 Å². The fraction of sp³-hybridized carbons (Fsp3) is 0.381. The molecule has 1 aromatic carbocycles. The van der Waals surface area contributed by atoms with Crippen molar-refractivity contribution in [3.05, 3.63) is 66.0 Å². The van der Waals surface area contributed by atoms with Crippen LogP contribution < -0.4 is 0 Å². The Hall–Kier alpha value is -2.77. The first-order chi connectivity index (χ1) is 13.5. The van der Waals surface area contributed by atoms with Crippen LogP contribution in [0.5, 0.6) is 0 Å². The quantitative estimate of drug-likeness (QED) is 0.763. The van der Waals surface area contributed by atoms with Gasteiger partial charge in [0, 0.05) is 31.5 Å². The topological polar surface area (TPSA) is 94.0 Å². The summed E-state index contributed by atoms with van der Waals surface area (Å²) in [6.45, 7) is 4.44. The molecule has 2 aromatic rings. The van der Waals surface area contributed by atoms with Gasteiger partial charge >= 0.3 is 11.9 Å². The van der Waals surface area contributed by atoms with Crippen LogP contribution in [0.15, 0.2) is 54.9 Å². The summed E-state index contributed by atoms with van der Waals surface area (Å²) in [6.07, 6.45) is 6.33. The van der Waals surface area contributed by atoms with Gasteiger partial charge in [-0.05, 0) is 50.2 Å². The van der Waals surface area contributed by atoms with Gasteiger partial charge in [0.2, 0.25) is 0 Å². The second kappa shape index (κ2) is 11.2. The lowest BCUT2D eigenvalue weighted by molar-refractivity contribution is -0.159. The number of benzene rings is 1. The highest BCUT2D eigenvalue weighted by Crippen LogP contribution is 2.19. The van der Waals surface area contributed by atoms with E-state index in [9.17, 15) is 0 Å². The Labute approximate surface area is 165 Å². The van der Waals surface area contributed by atoms with Gasteiger partial charge in [-0.25, -0.2) is 9.59 Å². The monoisotopic (exact) mass is 385 g/mol. The first kappa shape index (κ1) is 21.5. The van der Waals surface area contributed by atoms with Crippen molar-refractivity contribution in [1.29, 1.82) is 0 Å². The minimum absolute atomic E-state index is 0.699. The molecule has 7 nitrogen and oxygen atoms in total. The molecule has 150 valence electrons. The van der Waals surface area contributed by atoms with Crippen molar-refractivity contribution < 1.29 is 19.8 Å². The van der Waals surface area contributed by atoms with Crippen molar-refractivity contribution in [3.8, 4) is 0 Å². The zero-order valence-electron chi connectivity index (χ0n) is 16.1. The molecule has 1 saturated heterocycles. The molecule has 0 unspecified atom stereocenters. The molecule has 2 heterocycles. The summed E-state index contributed by atoms with van der Waals surface area (Å²) in [5.74, 6) is -3.65. The third kappa shape index (κ3) is 7.46. The van der Waals surface area contributed by atoms with Crippen molar-refractivity contribution >= 4 is 11.9 Å². The van der Waals surface area contributed by atoms with E-state index in [0.29, 0.717) is 6.04 Å². The van der Waals surface area contributed by atoms with Crippen molar-refractivity contribution in [2.45, 2.75) is 32.0 Å². The molecule has 3 rings (SSSR count). The maximum absolute atomic E-state index is 9.10. The molecular formula is C21H27N3O4. The Morgan fingerprint density at radius 2 is 1.64 bits per heavy atom. The lowest BCUT2D eigenvalue weighted by Crippen LogP contribution is -2.42. The highest BCUT2D eigenvalue weighted by Gasteiger charge is 2.22. The second-order valence-electron chi connectivity index (χ2n) is 6.88. The summed E-state index contributed by atoms with van der Waals surface area (Å²) in [5, 5.41) is 14.8. The maximum atomic E-state index is 9.10. The highest BCUT2D eigenvalue weighted by atomic mass is 16.4. The van der Waals surface area contributed by atoms with E-state index in [-0.39, 0.29) is 0 Å². The zero-order chi connectivity index (χ0) is 20.4. The summed E-state index contributed by atoms with van der Waals surface area (Å²) < 4.78 is 0. The van der Waals surface area contributed by atoms with E-state index in [1.807, 2.05) is 18.5 Å². The number of carbonyl (C=O) groups is 2. The van der Waals surface area contributed by atoms with Gasteiger partial charge in [-0.3, -0.25) is 14.8 Å². The zero-order valence-corrected chi connectivity index (χ0v) is 16.1. The van der Waals surface area contributed by atoms with Gasteiger partial charge in [0.15, 0.2) is 0 Å². The van der Waals surface area contributed by atoms with Gasteiger partial charge in [-0.15, -0.1) is 0 Å². The minimum atomic E-state index is -1.82. The van der Waals surface area contributed by atoms with Crippen LogP contribution in [0.1, 0.15) is 24.0 Å². The summed E-state index contributed by atoms with van der Waals surface area (Å²) in [4.78, 5) is 27.5. The molecule has 7 heteroatoms. The number of piperidine rings is 1. The van der Waals surface area contributed by atoms with Crippen LogP contribution in [0.25, 0.3) is 0 Å². The molecule has 28 heavy (non-hydrogen) atoms. The van der Waals surface area contributed by atoms with Crippen molar-refractivity contribution in [2.24, 2.45) is 0 Å². The molecule has 0 amide bonds. The summed E-state index contributed by atoms with van der Waals surface area (Å²) in [7, 11) is 2.26. The van der Waals surface area contributed by atoms with Gasteiger partial charge in [0.1, 0.15) is 0 Å².